The Hall–Kier alpha value is -0.500. The van der Waals surface area contributed by atoms with Crippen molar-refractivity contribution < 1.29 is 0 Å². The maximum Gasteiger partial charge on any atom is 0.0429 e. The molecule has 1 heterocycles. The standard InChI is InChI=1S/C4H8N2.C2H6/c1-4-2-3-5-6-4;1-2/h2-6H,1H3;1-2H3. The summed E-state index contributed by atoms with van der Waals surface area (Å²) in [6.45, 7) is 6.08. The summed E-state index contributed by atoms with van der Waals surface area (Å²) in [7, 11) is 0. The fraction of sp³-hybridized carbons (Fsp3) is 0.667. The molecular weight excluding hydrogens is 100 g/mol. The van der Waals surface area contributed by atoms with E-state index >= 15 is 0 Å². The van der Waals surface area contributed by atoms with Crippen molar-refractivity contribution in [2.75, 3.05) is 0 Å². The molecule has 48 valence electrons. The molecule has 1 unspecified atom stereocenters. The number of hydrogen-bond donors (Lipinski definition) is 2. The molecule has 0 aromatic heterocycles. The molecule has 0 aromatic carbocycles. The van der Waals surface area contributed by atoms with Crippen molar-refractivity contribution in [1.82, 2.24) is 10.9 Å². The van der Waals surface area contributed by atoms with Gasteiger partial charge in [-0.15, -0.1) is 0 Å². The van der Waals surface area contributed by atoms with Crippen LogP contribution in [0.15, 0.2) is 12.3 Å². The first-order chi connectivity index (χ1) is 3.89. The summed E-state index contributed by atoms with van der Waals surface area (Å²) in [5, 5.41) is 0. The molecule has 1 aliphatic rings. The average molecular weight is 114 g/mol. The van der Waals surface area contributed by atoms with Gasteiger partial charge in [0, 0.05) is 12.2 Å². The van der Waals surface area contributed by atoms with E-state index in [0.29, 0.717) is 6.04 Å². The van der Waals surface area contributed by atoms with Crippen molar-refractivity contribution in [3.05, 3.63) is 12.3 Å². The third kappa shape index (κ3) is 2.64. The molecule has 0 fully saturated rings. The van der Waals surface area contributed by atoms with E-state index in [4.69, 9.17) is 0 Å². The average Bonchev–Trinajstić information content (AvgIpc) is 2.24. The minimum atomic E-state index is 0.505. The maximum absolute atomic E-state index is 2.96. The van der Waals surface area contributed by atoms with Crippen LogP contribution in [-0.2, 0) is 0 Å². The second-order valence-electron chi connectivity index (χ2n) is 1.44. The van der Waals surface area contributed by atoms with Gasteiger partial charge in [0.25, 0.3) is 0 Å². The smallest absolute Gasteiger partial charge is 0.0429 e. The summed E-state index contributed by atoms with van der Waals surface area (Å²) in [5.74, 6) is 0. The SMILES string of the molecule is CC.CC1C=CNN1. The maximum atomic E-state index is 2.96. The Bertz CT molecular complexity index is 68.9. The van der Waals surface area contributed by atoms with Gasteiger partial charge >= 0.3 is 0 Å². The second-order valence-corrected chi connectivity index (χ2v) is 1.44. The first kappa shape index (κ1) is 7.50. The quantitative estimate of drug-likeness (QED) is 0.491. The Morgan fingerprint density at radius 3 is 2.12 bits per heavy atom. The lowest BCUT2D eigenvalue weighted by molar-refractivity contribution is 0.621. The summed E-state index contributed by atoms with van der Waals surface area (Å²) < 4.78 is 0. The Kier molecular flexibility index (Phi) is 4.36. The molecule has 1 aliphatic heterocycles. The predicted octanol–water partition coefficient (Wildman–Crippen LogP) is 1.02. The number of rotatable bonds is 0. The third-order valence-corrected chi connectivity index (χ3v) is 0.779. The molecule has 0 saturated heterocycles. The highest BCUT2D eigenvalue weighted by atomic mass is 15.4. The van der Waals surface area contributed by atoms with Crippen molar-refractivity contribution in [3.8, 4) is 0 Å². The Morgan fingerprint density at radius 1 is 1.38 bits per heavy atom. The van der Waals surface area contributed by atoms with E-state index in [1.54, 1.807) is 0 Å². The van der Waals surface area contributed by atoms with Crippen molar-refractivity contribution in [2.24, 2.45) is 0 Å². The lowest BCUT2D eigenvalue weighted by Crippen LogP contribution is -2.27. The molecule has 0 bridgehead atoms. The van der Waals surface area contributed by atoms with Crippen LogP contribution >= 0.6 is 0 Å². The van der Waals surface area contributed by atoms with Crippen LogP contribution < -0.4 is 10.9 Å². The van der Waals surface area contributed by atoms with E-state index in [2.05, 4.69) is 23.9 Å². The van der Waals surface area contributed by atoms with Gasteiger partial charge in [-0.05, 0) is 13.0 Å². The van der Waals surface area contributed by atoms with E-state index in [-0.39, 0.29) is 0 Å². The van der Waals surface area contributed by atoms with Gasteiger partial charge in [-0.1, -0.05) is 13.8 Å². The molecule has 1 rings (SSSR count). The van der Waals surface area contributed by atoms with Crippen molar-refractivity contribution >= 4 is 0 Å². The molecule has 1 atom stereocenters. The van der Waals surface area contributed by atoms with Gasteiger partial charge in [-0.25, -0.2) is 5.43 Å². The van der Waals surface area contributed by atoms with Crippen LogP contribution in [0.25, 0.3) is 0 Å². The zero-order chi connectivity index (χ0) is 6.41. The molecule has 0 saturated carbocycles. The van der Waals surface area contributed by atoms with Gasteiger partial charge in [-0.2, -0.15) is 0 Å². The number of nitrogens with one attached hydrogen (secondary N) is 2. The van der Waals surface area contributed by atoms with E-state index < -0.39 is 0 Å². The van der Waals surface area contributed by atoms with Gasteiger partial charge in [-0.3, -0.25) is 0 Å². The molecule has 0 spiro atoms. The topological polar surface area (TPSA) is 24.1 Å². The molecule has 2 N–H and O–H groups in total. The Labute approximate surface area is 50.9 Å². The minimum Gasteiger partial charge on any atom is -0.328 e. The van der Waals surface area contributed by atoms with E-state index in [1.807, 2.05) is 20.0 Å². The van der Waals surface area contributed by atoms with E-state index in [9.17, 15) is 0 Å². The highest BCUT2D eigenvalue weighted by Crippen LogP contribution is 1.84. The number of hydrogen-bond acceptors (Lipinski definition) is 2. The molecule has 0 aliphatic carbocycles. The van der Waals surface area contributed by atoms with Crippen LogP contribution in [0, 0.1) is 0 Å². The van der Waals surface area contributed by atoms with Gasteiger partial charge in [0.05, 0.1) is 0 Å². The van der Waals surface area contributed by atoms with Crippen LogP contribution in [-0.4, -0.2) is 6.04 Å². The normalized spacial score (nSPS) is 23.6. The highest BCUT2D eigenvalue weighted by molar-refractivity contribution is 4.93. The van der Waals surface area contributed by atoms with Gasteiger partial charge in [0.2, 0.25) is 0 Å². The zero-order valence-corrected chi connectivity index (χ0v) is 5.73. The van der Waals surface area contributed by atoms with E-state index in [1.165, 1.54) is 0 Å². The summed E-state index contributed by atoms with van der Waals surface area (Å²) in [6.07, 6.45) is 3.95. The second kappa shape index (κ2) is 4.65. The molecule has 0 amide bonds. The largest absolute Gasteiger partial charge is 0.328 e. The third-order valence-electron chi connectivity index (χ3n) is 0.779. The zero-order valence-electron chi connectivity index (χ0n) is 5.73. The molecule has 0 aromatic rings. The van der Waals surface area contributed by atoms with Gasteiger partial charge in [0.15, 0.2) is 0 Å². The van der Waals surface area contributed by atoms with Crippen LogP contribution in [0.5, 0.6) is 0 Å². The summed E-state index contributed by atoms with van der Waals surface area (Å²) in [6, 6.07) is 0.505. The van der Waals surface area contributed by atoms with Crippen molar-refractivity contribution in [1.29, 1.82) is 0 Å². The van der Waals surface area contributed by atoms with Gasteiger partial charge in [0.1, 0.15) is 0 Å². The molecule has 8 heavy (non-hydrogen) atoms. The fourth-order valence-electron chi connectivity index (χ4n) is 0.420. The lowest BCUT2D eigenvalue weighted by Gasteiger charge is -1.95. The highest BCUT2D eigenvalue weighted by Gasteiger charge is 1.95. The summed E-state index contributed by atoms with van der Waals surface area (Å²) >= 11 is 0. The monoisotopic (exact) mass is 114 g/mol. The Morgan fingerprint density at radius 2 is 2.00 bits per heavy atom. The summed E-state index contributed by atoms with van der Waals surface area (Å²) in [4.78, 5) is 0. The van der Waals surface area contributed by atoms with Crippen LogP contribution in [0.2, 0.25) is 0 Å². The predicted molar refractivity (Wildman–Crippen MR) is 36.2 cm³/mol. The van der Waals surface area contributed by atoms with Gasteiger partial charge < -0.3 is 5.43 Å². The van der Waals surface area contributed by atoms with Crippen LogP contribution in [0.4, 0.5) is 0 Å². The molecular formula is C6H14N2. The molecule has 0 radical (unpaired) electrons. The Balaban J connectivity index is 0.000000222. The lowest BCUT2D eigenvalue weighted by atomic mass is 10.4. The van der Waals surface area contributed by atoms with E-state index in [0.717, 1.165) is 0 Å². The van der Waals surface area contributed by atoms with Crippen LogP contribution in [0.3, 0.4) is 0 Å². The fourth-order valence-corrected chi connectivity index (χ4v) is 0.420. The molecule has 2 heteroatoms. The van der Waals surface area contributed by atoms with Crippen LogP contribution in [0.1, 0.15) is 20.8 Å². The first-order valence-electron chi connectivity index (χ1n) is 3.07. The summed E-state index contributed by atoms with van der Waals surface area (Å²) in [5.41, 5.74) is 5.80. The van der Waals surface area contributed by atoms with Crippen molar-refractivity contribution in [2.45, 2.75) is 26.8 Å². The molecule has 2 nitrogen and oxygen atoms in total. The number of hydrazine groups is 1. The van der Waals surface area contributed by atoms with Crippen molar-refractivity contribution in [3.63, 3.8) is 0 Å². The first-order valence-corrected chi connectivity index (χ1v) is 3.07. The minimum absolute atomic E-state index is 0.505.